The summed E-state index contributed by atoms with van der Waals surface area (Å²) < 4.78 is 5.52. The van der Waals surface area contributed by atoms with E-state index in [0.717, 1.165) is 68.8 Å². The van der Waals surface area contributed by atoms with Crippen LogP contribution in [0.1, 0.15) is 21.6 Å². The maximum Gasteiger partial charge on any atom is 0.185 e. The molecule has 4 heterocycles. The molecule has 0 atom stereocenters. The summed E-state index contributed by atoms with van der Waals surface area (Å²) >= 11 is 1.80. The lowest BCUT2D eigenvalue weighted by atomic mass is 9.99. The third-order valence-electron chi connectivity index (χ3n) is 6.55. The molecular weight excluding hydrogens is 442 g/mol. The Morgan fingerprint density at radius 2 is 1.68 bits per heavy atom. The molecule has 6 rings (SSSR count). The summed E-state index contributed by atoms with van der Waals surface area (Å²) in [5.74, 6) is 0.760. The number of hydrogen-bond acceptors (Lipinski definition) is 7. The van der Waals surface area contributed by atoms with Crippen molar-refractivity contribution in [3.63, 3.8) is 0 Å². The number of ether oxygens (including phenoxy) is 1. The van der Waals surface area contributed by atoms with Crippen molar-refractivity contribution in [1.82, 2.24) is 15.0 Å². The summed E-state index contributed by atoms with van der Waals surface area (Å²) in [6.45, 7) is 5.51. The van der Waals surface area contributed by atoms with Gasteiger partial charge >= 0.3 is 0 Å². The number of rotatable bonds is 5. The van der Waals surface area contributed by atoms with Gasteiger partial charge in [0.25, 0.3) is 0 Å². The Labute approximate surface area is 203 Å². The molecule has 0 N–H and O–H groups in total. The van der Waals surface area contributed by atoms with Crippen LogP contribution in [0.3, 0.4) is 0 Å². The number of morpholine rings is 1. The maximum absolute atomic E-state index is 5.52. The van der Waals surface area contributed by atoms with E-state index in [-0.39, 0.29) is 0 Å². The van der Waals surface area contributed by atoms with Crippen LogP contribution < -0.4 is 9.80 Å². The van der Waals surface area contributed by atoms with Gasteiger partial charge in [0.05, 0.1) is 13.2 Å². The Balaban J connectivity index is 1.13. The van der Waals surface area contributed by atoms with Gasteiger partial charge in [-0.1, -0.05) is 30.3 Å². The van der Waals surface area contributed by atoms with Crippen molar-refractivity contribution in [2.24, 2.45) is 0 Å². The smallest absolute Gasteiger partial charge is 0.185 e. The lowest BCUT2D eigenvalue weighted by molar-refractivity contribution is 0.122. The van der Waals surface area contributed by atoms with E-state index in [2.05, 4.69) is 62.2 Å². The average molecular weight is 470 g/mol. The van der Waals surface area contributed by atoms with Crippen LogP contribution in [0.25, 0.3) is 11.4 Å². The highest BCUT2D eigenvalue weighted by Gasteiger charge is 2.21. The fourth-order valence-electron chi connectivity index (χ4n) is 4.67. The summed E-state index contributed by atoms with van der Waals surface area (Å²) in [5, 5.41) is 1.12. The number of fused-ring (bicyclic) bond motifs is 1. The quantitative estimate of drug-likeness (QED) is 0.426. The zero-order chi connectivity index (χ0) is 22.7. The second kappa shape index (κ2) is 9.52. The van der Waals surface area contributed by atoms with Gasteiger partial charge in [-0.05, 0) is 41.3 Å². The first-order valence-electron chi connectivity index (χ1n) is 11.8. The van der Waals surface area contributed by atoms with Crippen molar-refractivity contribution < 1.29 is 4.74 Å². The highest BCUT2D eigenvalue weighted by atomic mass is 32.1. The molecule has 1 fully saturated rings. The van der Waals surface area contributed by atoms with Crippen LogP contribution in [0.4, 0.5) is 10.8 Å². The molecule has 0 unspecified atom stereocenters. The van der Waals surface area contributed by atoms with Gasteiger partial charge in [0, 0.05) is 67.3 Å². The molecular formula is C27H27N5OS. The van der Waals surface area contributed by atoms with Gasteiger partial charge in [0.15, 0.2) is 11.0 Å². The highest BCUT2D eigenvalue weighted by Crippen LogP contribution is 2.31. The molecule has 2 aromatic carbocycles. The molecule has 34 heavy (non-hydrogen) atoms. The molecule has 2 aliphatic rings. The fourth-order valence-corrected chi connectivity index (χ4v) is 5.64. The number of hydrogen-bond donors (Lipinski definition) is 0. The van der Waals surface area contributed by atoms with Gasteiger partial charge in [0.1, 0.15) is 0 Å². The van der Waals surface area contributed by atoms with Crippen molar-refractivity contribution in [2.75, 3.05) is 42.6 Å². The lowest BCUT2D eigenvalue weighted by Gasteiger charge is -2.32. The van der Waals surface area contributed by atoms with Crippen molar-refractivity contribution in [3.8, 4) is 11.4 Å². The average Bonchev–Trinajstić information content (AvgIpc) is 3.38. The predicted molar refractivity (Wildman–Crippen MR) is 137 cm³/mol. The Bertz CT molecular complexity index is 1250. The van der Waals surface area contributed by atoms with E-state index in [1.54, 1.807) is 23.7 Å². The van der Waals surface area contributed by atoms with Crippen LogP contribution >= 0.6 is 11.3 Å². The molecule has 2 aromatic heterocycles. The minimum atomic E-state index is 0.760. The Morgan fingerprint density at radius 1 is 0.853 bits per heavy atom. The number of thiazole rings is 1. The molecule has 0 saturated carbocycles. The summed E-state index contributed by atoms with van der Waals surface area (Å²) in [6.07, 6.45) is 7.54. The zero-order valence-electron chi connectivity index (χ0n) is 19.1. The van der Waals surface area contributed by atoms with Crippen molar-refractivity contribution >= 4 is 22.2 Å². The summed E-state index contributed by atoms with van der Waals surface area (Å²) in [6, 6.07) is 17.3. The molecule has 0 radical (unpaired) electrons. The standard InChI is InChI=1S/C27H27N5OS/c1-9-28-26(29-10-1)22-4-2-20(3-5-22)16-25-18-30-27(34-25)32-11-8-21-6-7-24(17-23(21)19-32)31-12-14-33-15-13-31/h1-7,9-10,17-18H,8,11-16,19H2. The van der Waals surface area contributed by atoms with Crippen LogP contribution in [-0.2, 0) is 24.1 Å². The molecule has 7 heteroatoms. The monoisotopic (exact) mass is 469 g/mol. The normalized spacial score (nSPS) is 15.9. The molecule has 4 aromatic rings. The molecule has 6 nitrogen and oxygen atoms in total. The molecule has 0 amide bonds. The number of nitrogens with zero attached hydrogens (tertiary/aromatic N) is 5. The van der Waals surface area contributed by atoms with E-state index in [4.69, 9.17) is 9.72 Å². The van der Waals surface area contributed by atoms with E-state index in [0.29, 0.717) is 0 Å². The van der Waals surface area contributed by atoms with Crippen LogP contribution in [0.2, 0.25) is 0 Å². The zero-order valence-corrected chi connectivity index (χ0v) is 19.9. The van der Waals surface area contributed by atoms with E-state index < -0.39 is 0 Å². The van der Waals surface area contributed by atoms with E-state index in [1.165, 1.54) is 27.3 Å². The van der Waals surface area contributed by atoms with Gasteiger partial charge < -0.3 is 14.5 Å². The second-order valence-corrected chi connectivity index (χ2v) is 9.87. The van der Waals surface area contributed by atoms with Gasteiger partial charge in [-0.3, -0.25) is 0 Å². The molecule has 0 bridgehead atoms. The first-order chi connectivity index (χ1) is 16.8. The largest absolute Gasteiger partial charge is 0.378 e. The number of benzene rings is 2. The number of anilines is 2. The Kier molecular flexibility index (Phi) is 5.95. The van der Waals surface area contributed by atoms with Crippen molar-refractivity contribution in [1.29, 1.82) is 0 Å². The first-order valence-corrected chi connectivity index (χ1v) is 12.6. The van der Waals surface area contributed by atoms with Gasteiger partial charge in [-0.15, -0.1) is 11.3 Å². The third kappa shape index (κ3) is 4.54. The Hall–Kier alpha value is -3.29. The molecule has 172 valence electrons. The predicted octanol–water partition coefficient (Wildman–Crippen LogP) is 4.59. The summed E-state index contributed by atoms with van der Waals surface area (Å²) in [5.41, 5.74) is 6.51. The molecule has 0 spiro atoms. The van der Waals surface area contributed by atoms with E-state index >= 15 is 0 Å². The Morgan fingerprint density at radius 3 is 2.50 bits per heavy atom. The minimum absolute atomic E-state index is 0.760. The molecule has 2 aliphatic heterocycles. The van der Waals surface area contributed by atoms with Gasteiger partial charge in [-0.2, -0.15) is 0 Å². The van der Waals surface area contributed by atoms with Crippen molar-refractivity contribution in [2.45, 2.75) is 19.4 Å². The van der Waals surface area contributed by atoms with Crippen LogP contribution in [0.15, 0.2) is 67.1 Å². The van der Waals surface area contributed by atoms with E-state index in [1.807, 2.05) is 12.3 Å². The van der Waals surface area contributed by atoms with Gasteiger partial charge in [-0.25, -0.2) is 15.0 Å². The van der Waals surface area contributed by atoms with Crippen LogP contribution in [0, 0.1) is 0 Å². The second-order valence-electron chi connectivity index (χ2n) is 8.78. The van der Waals surface area contributed by atoms with E-state index in [9.17, 15) is 0 Å². The molecule has 0 aliphatic carbocycles. The maximum atomic E-state index is 5.52. The SMILES string of the molecule is c1cnc(-c2ccc(Cc3cnc(N4CCc5ccc(N6CCOCC6)cc5C4)s3)cc2)nc1. The summed E-state index contributed by atoms with van der Waals surface area (Å²) in [7, 11) is 0. The van der Waals surface area contributed by atoms with Crippen LogP contribution in [-0.4, -0.2) is 47.8 Å². The van der Waals surface area contributed by atoms with Crippen LogP contribution in [0.5, 0.6) is 0 Å². The fraction of sp³-hybridized carbons (Fsp3) is 0.296. The topological polar surface area (TPSA) is 54.4 Å². The van der Waals surface area contributed by atoms with Crippen molar-refractivity contribution in [3.05, 3.63) is 88.7 Å². The lowest BCUT2D eigenvalue weighted by Crippen LogP contribution is -2.36. The minimum Gasteiger partial charge on any atom is -0.378 e. The highest BCUT2D eigenvalue weighted by molar-refractivity contribution is 7.15. The third-order valence-corrected chi connectivity index (χ3v) is 7.60. The van der Waals surface area contributed by atoms with Gasteiger partial charge in [0.2, 0.25) is 0 Å². The molecule has 1 saturated heterocycles. The number of aromatic nitrogens is 3. The first kappa shape index (κ1) is 21.3. The summed E-state index contributed by atoms with van der Waals surface area (Å²) in [4.78, 5) is 19.6.